The number of nitrogens with zero attached hydrogens (tertiary/aromatic N) is 2. The fraction of sp³-hybridized carbons (Fsp3) is 0.529. The number of carbonyl (C=O) groups excluding carboxylic acids is 4. The number of hydrogen-bond acceptors (Lipinski definition) is 9. The minimum atomic E-state index is -1.07. The molecule has 2 amide bonds. The van der Waals surface area contributed by atoms with E-state index in [4.69, 9.17) is 9.47 Å². The molecule has 0 bridgehead atoms. The molecule has 0 saturated carbocycles. The van der Waals surface area contributed by atoms with Gasteiger partial charge >= 0.3 is 11.9 Å². The summed E-state index contributed by atoms with van der Waals surface area (Å²) in [6.45, 7) is 3.62. The maximum atomic E-state index is 12.1. The molecule has 2 heterocycles. The molecule has 0 aromatic rings. The Labute approximate surface area is 171 Å². The number of carbonyl (C=O) groups is 4. The lowest BCUT2D eigenvalue weighted by Crippen LogP contribution is -2.41. The van der Waals surface area contributed by atoms with Crippen LogP contribution in [0.2, 0.25) is 0 Å². The zero-order valence-electron chi connectivity index (χ0n) is 15.6. The molecule has 2 aliphatic rings. The fourth-order valence-corrected chi connectivity index (χ4v) is 4.38. The minimum absolute atomic E-state index is 0.0851. The largest absolute Gasteiger partial charge is 0.463 e. The van der Waals surface area contributed by atoms with Gasteiger partial charge in [-0.1, -0.05) is 23.5 Å². The third-order valence-electron chi connectivity index (χ3n) is 3.66. The van der Waals surface area contributed by atoms with Crippen LogP contribution in [-0.2, 0) is 28.7 Å². The van der Waals surface area contributed by atoms with E-state index in [9.17, 15) is 24.3 Å². The van der Waals surface area contributed by atoms with Crippen molar-refractivity contribution < 1.29 is 33.8 Å². The van der Waals surface area contributed by atoms with Gasteiger partial charge < -0.3 is 24.4 Å². The lowest BCUT2D eigenvalue weighted by atomic mass is 10.3. The number of aliphatic hydroxyl groups is 1. The molecule has 0 radical (unpaired) electrons. The molecule has 28 heavy (non-hydrogen) atoms. The van der Waals surface area contributed by atoms with Crippen LogP contribution in [0.3, 0.4) is 0 Å². The second-order valence-corrected chi connectivity index (χ2v) is 7.70. The average molecular weight is 431 g/mol. The van der Waals surface area contributed by atoms with Crippen molar-refractivity contribution in [2.24, 2.45) is 0 Å². The van der Waals surface area contributed by atoms with E-state index < -0.39 is 18.0 Å². The van der Waals surface area contributed by atoms with Crippen LogP contribution in [0.5, 0.6) is 0 Å². The number of β-amino-alcohol motifs (C(OH)–C–C–N with tert-alkyl or cyclic N) is 1. The van der Waals surface area contributed by atoms with Crippen LogP contribution >= 0.6 is 23.5 Å². The van der Waals surface area contributed by atoms with Crippen molar-refractivity contribution >= 4 is 47.3 Å². The predicted octanol–water partition coefficient (Wildman–Crippen LogP) is 0.307. The molecular formula is C17H22N2O7S2. The Balaban J connectivity index is 2.03. The lowest BCUT2D eigenvalue weighted by Gasteiger charge is -2.25. The fourth-order valence-electron chi connectivity index (χ4n) is 2.50. The Morgan fingerprint density at radius 1 is 0.964 bits per heavy atom. The van der Waals surface area contributed by atoms with Gasteiger partial charge in [-0.15, -0.1) is 0 Å². The summed E-state index contributed by atoms with van der Waals surface area (Å²) in [4.78, 5) is 50.1. The molecule has 0 aromatic heterocycles. The summed E-state index contributed by atoms with van der Waals surface area (Å²) in [5, 5.41) is 11.2. The molecule has 0 atom stereocenters. The topological polar surface area (TPSA) is 113 Å². The molecule has 9 nitrogen and oxygen atoms in total. The molecule has 1 N–H and O–H groups in total. The van der Waals surface area contributed by atoms with Crippen LogP contribution in [0.25, 0.3) is 0 Å². The van der Waals surface area contributed by atoms with E-state index >= 15 is 0 Å². The minimum Gasteiger partial charge on any atom is -0.463 e. The molecule has 2 aliphatic heterocycles. The molecule has 0 unspecified atom stereocenters. The van der Waals surface area contributed by atoms with E-state index in [1.165, 1.54) is 45.5 Å². The van der Waals surface area contributed by atoms with E-state index in [0.29, 0.717) is 10.1 Å². The van der Waals surface area contributed by atoms with Gasteiger partial charge in [0.2, 0.25) is 11.8 Å². The van der Waals surface area contributed by atoms with E-state index in [0.717, 1.165) is 0 Å². The molecule has 2 rings (SSSR count). The van der Waals surface area contributed by atoms with Crippen LogP contribution in [0.1, 0.15) is 13.8 Å². The lowest BCUT2D eigenvalue weighted by molar-refractivity contribution is -0.138. The number of thioether (sulfide) groups is 2. The van der Waals surface area contributed by atoms with Crippen molar-refractivity contribution in [2.45, 2.75) is 20.0 Å². The van der Waals surface area contributed by atoms with Crippen molar-refractivity contribution in [3.05, 3.63) is 22.2 Å². The van der Waals surface area contributed by atoms with E-state index in [1.807, 2.05) is 0 Å². The second kappa shape index (κ2) is 10.5. The molecule has 154 valence electrons. The van der Waals surface area contributed by atoms with Crippen molar-refractivity contribution in [2.75, 3.05) is 37.8 Å². The molecule has 2 saturated heterocycles. The number of aliphatic hydroxyl groups excluding tert-OH is 1. The predicted molar refractivity (Wildman–Crippen MR) is 104 cm³/mol. The number of esters is 2. The number of rotatable bonds is 8. The quantitative estimate of drug-likeness (QED) is 0.429. The normalized spacial score (nSPS) is 21.0. The van der Waals surface area contributed by atoms with E-state index in [1.54, 1.807) is 13.8 Å². The summed E-state index contributed by atoms with van der Waals surface area (Å²) in [6, 6.07) is 0. The van der Waals surface area contributed by atoms with Crippen LogP contribution in [0.15, 0.2) is 22.2 Å². The second-order valence-electron chi connectivity index (χ2n) is 5.71. The summed E-state index contributed by atoms with van der Waals surface area (Å²) in [5.41, 5.74) is 0. The van der Waals surface area contributed by atoms with Gasteiger partial charge in [-0.05, 0) is 13.8 Å². The molecule has 0 spiro atoms. The highest BCUT2D eigenvalue weighted by molar-refractivity contribution is 8.04. The van der Waals surface area contributed by atoms with Gasteiger partial charge in [0.05, 0.1) is 66.1 Å². The van der Waals surface area contributed by atoms with Gasteiger partial charge in [0.15, 0.2) is 0 Å². The summed E-state index contributed by atoms with van der Waals surface area (Å²) in [6.07, 6.45) is 1.37. The first kappa shape index (κ1) is 22.3. The smallest absolute Gasteiger partial charge is 0.333 e. The highest BCUT2D eigenvalue weighted by Crippen LogP contribution is 2.31. The molecular weight excluding hydrogens is 408 g/mol. The molecule has 2 fully saturated rings. The van der Waals surface area contributed by atoms with Crippen LogP contribution in [-0.4, -0.2) is 82.6 Å². The van der Waals surface area contributed by atoms with Gasteiger partial charge in [0.25, 0.3) is 0 Å². The zero-order chi connectivity index (χ0) is 20.7. The highest BCUT2D eigenvalue weighted by atomic mass is 32.2. The van der Waals surface area contributed by atoms with Crippen molar-refractivity contribution in [3.63, 3.8) is 0 Å². The third-order valence-corrected chi connectivity index (χ3v) is 5.71. The van der Waals surface area contributed by atoms with Gasteiger partial charge in [0.1, 0.15) is 0 Å². The van der Waals surface area contributed by atoms with Gasteiger partial charge in [-0.2, -0.15) is 0 Å². The van der Waals surface area contributed by atoms with Crippen LogP contribution < -0.4 is 0 Å². The molecule has 11 heteroatoms. The maximum absolute atomic E-state index is 12.1. The number of ether oxygens (including phenoxy) is 2. The Morgan fingerprint density at radius 3 is 1.71 bits per heavy atom. The average Bonchev–Trinajstić information content (AvgIpc) is 3.13. The van der Waals surface area contributed by atoms with Crippen molar-refractivity contribution in [1.29, 1.82) is 0 Å². The highest BCUT2D eigenvalue weighted by Gasteiger charge is 2.33. The Morgan fingerprint density at radius 2 is 1.36 bits per heavy atom. The first-order valence-corrected chi connectivity index (χ1v) is 10.6. The van der Waals surface area contributed by atoms with Crippen molar-refractivity contribution in [1.82, 2.24) is 9.80 Å². The SMILES string of the molecule is CCOC(=O)C=C1SCC(=O)N1CC(O)CN1C(=O)CSC1=CC(=O)OCC. The maximum Gasteiger partial charge on any atom is 0.333 e. The number of hydrogen-bond donors (Lipinski definition) is 1. The van der Waals surface area contributed by atoms with Gasteiger partial charge in [-0.25, -0.2) is 9.59 Å². The van der Waals surface area contributed by atoms with Crippen LogP contribution in [0.4, 0.5) is 0 Å². The Hall–Kier alpha value is -1.98. The molecule has 0 aromatic carbocycles. The molecule has 0 aliphatic carbocycles. The standard InChI is InChI=1S/C17H22N2O7S2/c1-3-25-16(23)5-14-18(12(21)9-27-14)7-11(20)8-19-13(22)10-28-15(19)6-17(24)26-4-2/h5-6,11,20H,3-4,7-10H2,1-2H3. The Kier molecular flexibility index (Phi) is 8.39. The van der Waals surface area contributed by atoms with Crippen molar-refractivity contribution in [3.8, 4) is 0 Å². The zero-order valence-corrected chi connectivity index (χ0v) is 17.2. The number of amides is 2. The summed E-state index contributed by atoms with van der Waals surface area (Å²) in [7, 11) is 0. The van der Waals surface area contributed by atoms with Gasteiger partial charge in [-0.3, -0.25) is 9.59 Å². The monoisotopic (exact) mass is 430 g/mol. The summed E-state index contributed by atoms with van der Waals surface area (Å²) >= 11 is 2.36. The first-order valence-electron chi connectivity index (χ1n) is 8.67. The van der Waals surface area contributed by atoms with Crippen LogP contribution in [0, 0.1) is 0 Å². The summed E-state index contributed by atoms with van der Waals surface area (Å²) in [5.74, 6) is -1.31. The van der Waals surface area contributed by atoms with Gasteiger partial charge in [0, 0.05) is 0 Å². The van der Waals surface area contributed by atoms with E-state index in [-0.39, 0.29) is 49.6 Å². The third kappa shape index (κ3) is 6.01. The first-order chi connectivity index (χ1) is 13.3. The summed E-state index contributed by atoms with van der Waals surface area (Å²) < 4.78 is 9.70. The Bertz CT molecular complexity index is 650. The van der Waals surface area contributed by atoms with E-state index in [2.05, 4.69) is 0 Å².